The van der Waals surface area contributed by atoms with Gasteiger partial charge >= 0.3 is 0 Å². The number of nitrogens with two attached hydrogens (primary N) is 1. The summed E-state index contributed by atoms with van der Waals surface area (Å²) < 4.78 is 11.4. The molecule has 19 heavy (non-hydrogen) atoms. The monoisotopic (exact) mass is 263 g/mol. The van der Waals surface area contributed by atoms with Crippen LogP contribution in [0.1, 0.15) is 38.7 Å². The topological polar surface area (TPSA) is 44.5 Å². The highest BCUT2D eigenvalue weighted by Gasteiger charge is 2.25. The molecule has 0 radical (unpaired) electrons. The average molecular weight is 263 g/mol. The van der Waals surface area contributed by atoms with E-state index in [-0.39, 0.29) is 0 Å². The Morgan fingerprint density at radius 2 is 2.00 bits per heavy atom. The third-order valence-corrected chi connectivity index (χ3v) is 4.33. The van der Waals surface area contributed by atoms with Crippen LogP contribution >= 0.6 is 0 Å². The van der Waals surface area contributed by atoms with E-state index >= 15 is 0 Å². The number of nitrogen functional groups attached to an aromatic ring is 1. The predicted molar refractivity (Wildman–Crippen MR) is 78.2 cm³/mol. The summed E-state index contributed by atoms with van der Waals surface area (Å²) in [5.41, 5.74) is 7.61. The van der Waals surface area contributed by atoms with Crippen LogP contribution in [0.5, 0.6) is 5.75 Å². The Bertz CT molecular complexity index is 419. The highest BCUT2D eigenvalue weighted by molar-refractivity contribution is 5.47. The summed E-state index contributed by atoms with van der Waals surface area (Å²) in [6.07, 6.45) is 3.96. The third-order valence-electron chi connectivity index (χ3n) is 4.33. The summed E-state index contributed by atoms with van der Waals surface area (Å²) >= 11 is 0. The summed E-state index contributed by atoms with van der Waals surface area (Å²) in [5, 5.41) is 0. The lowest BCUT2D eigenvalue weighted by atomic mass is 9.80. The number of hydrogen-bond donors (Lipinski definition) is 1. The van der Waals surface area contributed by atoms with Crippen LogP contribution in [0, 0.1) is 11.8 Å². The van der Waals surface area contributed by atoms with Crippen molar-refractivity contribution in [1.29, 1.82) is 0 Å². The average Bonchev–Trinajstić information content (AvgIpc) is 2.40. The molecule has 0 heterocycles. The largest absolute Gasteiger partial charge is 0.496 e. The molecule has 1 aromatic rings. The first-order chi connectivity index (χ1) is 9.10. The predicted octanol–water partition coefficient (Wildman–Crippen LogP) is 3.62. The molecule has 0 bridgehead atoms. The molecule has 3 atom stereocenters. The van der Waals surface area contributed by atoms with Gasteiger partial charge in [-0.25, -0.2) is 0 Å². The Morgan fingerprint density at radius 1 is 1.21 bits per heavy atom. The number of anilines is 1. The molecule has 1 fully saturated rings. The van der Waals surface area contributed by atoms with Gasteiger partial charge in [0.2, 0.25) is 0 Å². The van der Waals surface area contributed by atoms with Gasteiger partial charge in [-0.2, -0.15) is 0 Å². The summed E-state index contributed by atoms with van der Waals surface area (Å²) in [5.74, 6) is 2.43. The fraction of sp³-hybridized carbons (Fsp3) is 0.625. The summed E-state index contributed by atoms with van der Waals surface area (Å²) in [4.78, 5) is 0. The minimum atomic E-state index is 0.373. The van der Waals surface area contributed by atoms with Crippen LogP contribution in [0.15, 0.2) is 18.2 Å². The zero-order chi connectivity index (χ0) is 13.8. The molecule has 106 valence electrons. The summed E-state index contributed by atoms with van der Waals surface area (Å²) in [7, 11) is 1.68. The maximum atomic E-state index is 6.05. The Kier molecular flexibility index (Phi) is 4.70. The quantitative estimate of drug-likeness (QED) is 0.844. The number of ether oxygens (including phenoxy) is 2. The van der Waals surface area contributed by atoms with Crippen LogP contribution in [0.4, 0.5) is 5.69 Å². The van der Waals surface area contributed by atoms with Gasteiger partial charge in [-0.1, -0.05) is 13.8 Å². The molecular weight excluding hydrogens is 238 g/mol. The van der Waals surface area contributed by atoms with Crippen molar-refractivity contribution >= 4 is 5.69 Å². The Balaban J connectivity index is 1.93. The van der Waals surface area contributed by atoms with Gasteiger partial charge in [0, 0.05) is 11.3 Å². The lowest BCUT2D eigenvalue weighted by molar-refractivity contribution is -0.00805. The van der Waals surface area contributed by atoms with Crippen LogP contribution in [0.3, 0.4) is 0 Å². The molecule has 1 aliphatic rings. The van der Waals surface area contributed by atoms with Crippen LogP contribution < -0.4 is 10.5 Å². The van der Waals surface area contributed by atoms with Crippen molar-refractivity contribution in [1.82, 2.24) is 0 Å². The van der Waals surface area contributed by atoms with Crippen molar-refractivity contribution in [3.63, 3.8) is 0 Å². The van der Waals surface area contributed by atoms with Gasteiger partial charge in [-0.3, -0.25) is 0 Å². The van der Waals surface area contributed by atoms with Gasteiger partial charge in [-0.15, -0.1) is 0 Å². The van der Waals surface area contributed by atoms with Crippen LogP contribution in [0.2, 0.25) is 0 Å². The van der Waals surface area contributed by atoms with Crippen LogP contribution in [0.25, 0.3) is 0 Å². The molecule has 2 N–H and O–H groups in total. The second-order valence-corrected chi connectivity index (χ2v) is 5.77. The SMILES string of the molecule is COc1ccc(N)cc1COC1CCC(C)C(C)C1. The molecule has 3 unspecified atom stereocenters. The van der Waals surface area contributed by atoms with Crippen LogP contribution in [-0.4, -0.2) is 13.2 Å². The summed E-state index contributed by atoms with van der Waals surface area (Å²) in [6, 6.07) is 5.69. The van der Waals surface area contributed by atoms with Crippen LogP contribution in [-0.2, 0) is 11.3 Å². The van der Waals surface area contributed by atoms with E-state index < -0.39 is 0 Å². The molecule has 0 aromatic heterocycles. The van der Waals surface area contributed by atoms with E-state index in [1.807, 2.05) is 18.2 Å². The molecule has 1 aliphatic carbocycles. The zero-order valence-electron chi connectivity index (χ0n) is 12.2. The molecule has 0 aliphatic heterocycles. The first kappa shape index (κ1) is 14.2. The van der Waals surface area contributed by atoms with Gasteiger partial charge in [0.05, 0.1) is 19.8 Å². The lowest BCUT2D eigenvalue weighted by Crippen LogP contribution is -2.26. The maximum Gasteiger partial charge on any atom is 0.124 e. The van der Waals surface area contributed by atoms with E-state index in [0.717, 1.165) is 41.7 Å². The number of rotatable bonds is 4. The van der Waals surface area contributed by atoms with E-state index in [0.29, 0.717) is 12.7 Å². The Hall–Kier alpha value is -1.22. The van der Waals surface area contributed by atoms with Gasteiger partial charge in [0.1, 0.15) is 5.75 Å². The van der Waals surface area contributed by atoms with Gasteiger partial charge < -0.3 is 15.2 Å². The molecule has 2 rings (SSSR count). The van der Waals surface area contributed by atoms with Crippen molar-refractivity contribution in [2.75, 3.05) is 12.8 Å². The minimum absolute atomic E-state index is 0.373. The lowest BCUT2D eigenvalue weighted by Gasteiger charge is -2.32. The first-order valence-electron chi connectivity index (χ1n) is 7.14. The van der Waals surface area contributed by atoms with E-state index in [4.69, 9.17) is 15.2 Å². The fourth-order valence-corrected chi connectivity index (χ4v) is 2.77. The van der Waals surface area contributed by atoms with Crippen molar-refractivity contribution in [3.8, 4) is 5.75 Å². The number of hydrogen-bond acceptors (Lipinski definition) is 3. The van der Waals surface area contributed by atoms with Crippen molar-refractivity contribution in [2.24, 2.45) is 11.8 Å². The number of methoxy groups -OCH3 is 1. The minimum Gasteiger partial charge on any atom is -0.496 e. The van der Waals surface area contributed by atoms with Crippen molar-refractivity contribution in [3.05, 3.63) is 23.8 Å². The maximum absolute atomic E-state index is 6.05. The fourth-order valence-electron chi connectivity index (χ4n) is 2.77. The second-order valence-electron chi connectivity index (χ2n) is 5.77. The normalized spacial score (nSPS) is 27.2. The molecule has 0 amide bonds. The number of benzene rings is 1. The molecule has 1 saturated carbocycles. The molecule has 3 heteroatoms. The van der Waals surface area contributed by atoms with E-state index in [2.05, 4.69) is 13.8 Å². The highest BCUT2D eigenvalue weighted by Crippen LogP contribution is 2.32. The first-order valence-corrected chi connectivity index (χ1v) is 7.14. The van der Waals surface area contributed by atoms with Crippen molar-refractivity contribution in [2.45, 2.75) is 45.8 Å². The standard InChI is InChI=1S/C16H25NO2/c1-11-4-6-15(8-12(11)2)19-10-13-9-14(17)5-7-16(13)18-3/h5,7,9,11-12,15H,4,6,8,10,17H2,1-3H3. The van der Waals surface area contributed by atoms with E-state index in [1.54, 1.807) is 7.11 Å². The third kappa shape index (κ3) is 3.63. The molecule has 0 spiro atoms. The summed E-state index contributed by atoms with van der Waals surface area (Å²) in [6.45, 7) is 5.24. The van der Waals surface area contributed by atoms with Crippen molar-refractivity contribution < 1.29 is 9.47 Å². The highest BCUT2D eigenvalue weighted by atomic mass is 16.5. The smallest absolute Gasteiger partial charge is 0.124 e. The molecule has 1 aromatic carbocycles. The Labute approximate surface area is 116 Å². The van der Waals surface area contributed by atoms with Gasteiger partial charge in [0.15, 0.2) is 0 Å². The van der Waals surface area contributed by atoms with Gasteiger partial charge in [0.25, 0.3) is 0 Å². The molecular formula is C16H25NO2. The van der Waals surface area contributed by atoms with E-state index in [1.165, 1.54) is 6.42 Å². The molecule has 0 saturated heterocycles. The van der Waals surface area contributed by atoms with Gasteiger partial charge in [-0.05, 0) is 49.3 Å². The van der Waals surface area contributed by atoms with E-state index in [9.17, 15) is 0 Å². The molecule has 3 nitrogen and oxygen atoms in total. The zero-order valence-corrected chi connectivity index (χ0v) is 12.2. The second kappa shape index (κ2) is 6.29. The Morgan fingerprint density at radius 3 is 2.68 bits per heavy atom.